The monoisotopic (exact) mass is 230 g/mol. The summed E-state index contributed by atoms with van der Waals surface area (Å²) in [5.74, 6) is 0.0507. The molecule has 4 nitrogen and oxygen atoms in total. The summed E-state index contributed by atoms with van der Waals surface area (Å²) in [4.78, 5) is 22.1. The van der Waals surface area contributed by atoms with Gasteiger partial charge < -0.3 is 9.47 Å². The van der Waals surface area contributed by atoms with E-state index in [1.165, 1.54) is 0 Å². The minimum Gasteiger partial charge on any atom is -0.466 e. The highest BCUT2D eigenvalue weighted by atomic mass is 16.5. The molecule has 0 aliphatic rings. The van der Waals surface area contributed by atoms with Crippen LogP contribution in [0.4, 0.5) is 0 Å². The Morgan fingerprint density at radius 3 is 2.12 bits per heavy atom. The highest BCUT2D eigenvalue weighted by molar-refractivity contribution is 5.72. The minimum atomic E-state index is -0.252. The molecule has 0 spiro atoms. The van der Waals surface area contributed by atoms with Crippen molar-refractivity contribution in [3.8, 4) is 0 Å². The van der Waals surface area contributed by atoms with Crippen LogP contribution in [0.25, 0.3) is 0 Å². The first kappa shape index (κ1) is 14.9. The summed E-state index contributed by atoms with van der Waals surface area (Å²) in [5, 5.41) is 0. The van der Waals surface area contributed by atoms with E-state index >= 15 is 0 Å². The van der Waals surface area contributed by atoms with Crippen molar-refractivity contribution in [3.63, 3.8) is 0 Å². The second kappa shape index (κ2) is 9.19. The van der Waals surface area contributed by atoms with Gasteiger partial charge in [-0.15, -0.1) is 0 Å². The third-order valence-electron chi connectivity index (χ3n) is 2.03. The summed E-state index contributed by atoms with van der Waals surface area (Å²) in [6.07, 6.45) is 1.95. The zero-order valence-electron chi connectivity index (χ0n) is 10.5. The van der Waals surface area contributed by atoms with E-state index < -0.39 is 0 Å². The average Bonchev–Trinajstić information content (AvgIpc) is 2.17. The number of carbonyl (C=O) groups excluding carboxylic acids is 2. The molecule has 0 aromatic carbocycles. The van der Waals surface area contributed by atoms with Gasteiger partial charge in [-0.05, 0) is 25.7 Å². The van der Waals surface area contributed by atoms with Crippen molar-refractivity contribution in [1.29, 1.82) is 0 Å². The van der Waals surface area contributed by atoms with E-state index in [4.69, 9.17) is 9.47 Å². The zero-order chi connectivity index (χ0) is 12.4. The normalized spacial score (nSPS) is 10.2. The minimum absolute atomic E-state index is 0.232. The smallest absolute Gasteiger partial charge is 0.305 e. The SMILES string of the molecule is CCOC(=O)CCCC(=O)OCCC(C)C. The molecule has 0 aliphatic heterocycles. The number of hydrogen-bond donors (Lipinski definition) is 0. The van der Waals surface area contributed by atoms with Crippen LogP contribution in [-0.2, 0) is 19.1 Å². The van der Waals surface area contributed by atoms with E-state index in [2.05, 4.69) is 13.8 Å². The summed E-state index contributed by atoms with van der Waals surface area (Å²) in [6.45, 7) is 6.77. The third-order valence-corrected chi connectivity index (χ3v) is 2.03. The lowest BCUT2D eigenvalue weighted by atomic mass is 10.1. The Bertz CT molecular complexity index is 211. The van der Waals surface area contributed by atoms with Gasteiger partial charge >= 0.3 is 11.9 Å². The van der Waals surface area contributed by atoms with Crippen LogP contribution in [0, 0.1) is 5.92 Å². The van der Waals surface area contributed by atoms with Gasteiger partial charge in [0.2, 0.25) is 0 Å². The predicted octanol–water partition coefficient (Wildman–Crippen LogP) is 2.31. The van der Waals surface area contributed by atoms with Crippen molar-refractivity contribution in [1.82, 2.24) is 0 Å². The van der Waals surface area contributed by atoms with E-state index in [1.54, 1.807) is 6.92 Å². The maximum absolute atomic E-state index is 11.2. The number of hydrogen-bond acceptors (Lipinski definition) is 4. The highest BCUT2D eigenvalue weighted by Crippen LogP contribution is 2.03. The summed E-state index contributed by atoms with van der Waals surface area (Å²) in [6, 6.07) is 0. The fourth-order valence-electron chi connectivity index (χ4n) is 1.09. The number of rotatable bonds is 8. The average molecular weight is 230 g/mol. The topological polar surface area (TPSA) is 52.6 Å². The first-order valence-corrected chi connectivity index (χ1v) is 5.87. The summed E-state index contributed by atoms with van der Waals surface area (Å²) in [7, 11) is 0. The molecule has 16 heavy (non-hydrogen) atoms. The Labute approximate surface area is 97.3 Å². The molecular formula is C12H22O4. The van der Waals surface area contributed by atoms with Gasteiger partial charge in [-0.25, -0.2) is 0 Å². The Hall–Kier alpha value is -1.06. The van der Waals surface area contributed by atoms with Crippen molar-refractivity contribution in [3.05, 3.63) is 0 Å². The fourth-order valence-corrected chi connectivity index (χ4v) is 1.09. The van der Waals surface area contributed by atoms with Crippen molar-refractivity contribution in [2.24, 2.45) is 5.92 Å². The van der Waals surface area contributed by atoms with Gasteiger partial charge in [0.15, 0.2) is 0 Å². The van der Waals surface area contributed by atoms with E-state index in [0.29, 0.717) is 25.6 Å². The largest absolute Gasteiger partial charge is 0.466 e. The van der Waals surface area contributed by atoms with E-state index in [9.17, 15) is 9.59 Å². The van der Waals surface area contributed by atoms with E-state index in [0.717, 1.165) is 6.42 Å². The molecule has 0 unspecified atom stereocenters. The zero-order valence-corrected chi connectivity index (χ0v) is 10.5. The molecule has 4 heteroatoms. The quantitative estimate of drug-likeness (QED) is 0.600. The third kappa shape index (κ3) is 9.49. The van der Waals surface area contributed by atoms with Gasteiger partial charge in [0.25, 0.3) is 0 Å². The molecule has 0 heterocycles. The van der Waals surface area contributed by atoms with Crippen LogP contribution in [0.1, 0.15) is 46.5 Å². The van der Waals surface area contributed by atoms with Crippen LogP contribution in [-0.4, -0.2) is 25.2 Å². The Morgan fingerprint density at radius 1 is 1.06 bits per heavy atom. The van der Waals surface area contributed by atoms with Crippen molar-refractivity contribution >= 4 is 11.9 Å². The van der Waals surface area contributed by atoms with Crippen molar-refractivity contribution in [2.75, 3.05) is 13.2 Å². The molecule has 0 saturated heterocycles. The fraction of sp³-hybridized carbons (Fsp3) is 0.833. The van der Waals surface area contributed by atoms with Crippen LogP contribution >= 0.6 is 0 Å². The summed E-state index contributed by atoms with van der Waals surface area (Å²) < 4.78 is 9.75. The first-order valence-electron chi connectivity index (χ1n) is 5.87. The molecule has 0 atom stereocenters. The standard InChI is InChI=1S/C12H22O4/c1-4-15-11(13)6-5-7-12(14)16-9-8-10(2)3/h10H,4-9H2,1-3H3. The molecule has 0 aliphatic carbocycles. The Kier molecular flexibility index (Phi) is 8.58. The van der Waals surface area contributed by atoms with E-state index in [1.807, 2.05) is 0 Å². The second-order valence-electron chi connectivity index (χ2n) is 4.06. The molecular weight excluding hydrogens is 208 g/mol. The van der Waals surface area contributed by atoms with Crippen LogP contribution in [0.2, 0.25) is 0 Å². The van der Waals surface area contributed by atoms with Gasteiger partial charge in [0.1, 0.15) is 0 Å². The summed E-state index contributed by atoms with van der Waals surface area (Å²) >= 11 is 0. The number of ether oxygens (including phenoxy) is 2. The molecule has 94 valence electrons. The maximum atomic E-state index is 11.2. The van der Waals surface area contributed by atoms with Gasteiger partial charge in [-0.2, -0.15) is 0 Å². The van der Waals surface area contributed by atoms with E-state index in [-0.39, 0.29) is 24.8 Å². The van der Waals surface area contributed by atoms with Gasteiger partial charge in [0.05, 0.1) is 13.2 Å². The lowest BCUT2D eigenvalue weighted by Gasteiger charge is -2.06. The lowest BCUT2D eigenvalue weighted by molar-refractivity contribution is -0.145. The van der Waals surface area contributed by atoms with Crippen LogP contribution in [0.3, 0.4) is 0 Å². The second-order valence-corrected chi connectivity index (χ2v) is 4.06. The predicted molar refractivity (Wildman–Crippen MR) is 60.9 cm³/mol. The number of carbonyl (C=O) groups is 2. The van der Waals surface area contributed by atoms with Gasteiger partial charge in [0, 0.05) is 12.8 Å². The molecule has 0 aromatic rings. The Morgan fingerprint density at radius 2 is 1.62 bits per heavy atom. The molecule has 0 saturated carbocycles. The molecule has 0 bridgehead atoms. The van der Waals surface area contributed by atoms with Crippen LogP contribution < -0.4 is 0 Å². The first-order chi connectivity index (χ1) is 7.56. The number of esters is 2. The van der Waals surface area contributed by atoms with Crippen LogP contribution in [0.5, 0.6) is 0 Å². The van der Waals surface area contributed by atoms with Gasteiger partial charge in [-0.3, -0.25) is 9.59 Å². The van der Waals surface area contributed by atoms with Gasteiger partial charge in [-0.1, -0.05) is 13.8 Å². The Balaban J connectivity index is 3.40. The van der Waals surface area contributed by atoms with Crippen molar-refractivity contribution in [2.45, 2.75) is 46.5 Å². The summed E-state index contributed by atoms with van der Waals surface area (Å²) in [5.41, 5.74) is 0. The molecule has 0 aromatic heterocycles. The molecule has 0 fully saturated rings. The van der Waals surface area contributed by atoms with Crippen LogP contribution in [0.15, 0.2) is 0 Å². The molecule has 0 N–H and O–H groups in total. The lowest BCUT2D eigenvalue weighted by Crippen LogP contribution is -2.09. The molecule has 0 amide bonds. The van der Waals surface area contributed by atoms with Crippen molar-refractivity contribution < 1.29 is 19.1 Å². The maximum Gasteiger partial charge on any atom is 0.305 e. The molecule has 0 rings (SSSR count). The molecule has 0 radical (unpaired) electrons. The highest BCUT2D eigenvalue weighted by Gasteiger charge is 2.06.